The number of nitrogens with zero attached hydrogens (tertiary/aromatic N) is 4. The Hall–Kier alpha value is -3.61. The predicted molar refractivity (Wildman–Crippen MR) is 126 cm³/mol. The summed E-state index contributed by atoms with van der Waals surface area (Å²) in [5.41, 5.74) is 4.91. The summed E-state index contributed by atoms with van der Waals surface area (Å²) in [6, 6.07) is 13.2. The van der Waals surface area contributed by atoms with Gasteiger partial charge in [0, 0.05) is 30.4 Å². The molecular weight excluding hydrogens is 417 g/mol. The Kier molecular flexibility index (Phi) is 5.86. The van der Waals surface area contributed by atoms with Crippen molar-refractivity contribution < 1.29 is 9.18 Å². The van der Waals surface area contributed by atoms with Gasteiger partial charge in [-0.25, -0.2) is 9.37 Å². The zero-order chi connectivity index (χ0) is 22.8. The highest BCUT2D eigenvalue weighted by Gasteiger charge is 2.27. The number of rotatable bonds is 5. The van der Waals surface area contributed by atoms with Crippen LogP contribution in [-0.4, -0.2) is 37.9 Å². The van der Waals surface area contributed by atoms with E-state index in [1.807, 2.05) is 61.9 Å². The van der Waals surface area contributed by atoms with Gasteiger partial charge in [0.1, 0.15) is 11.9 Å². The van der Waals surface area contributed by atoms with Gasteiger partial charge >= 0.3 is 0 Å². The highest BCUT2D eigenvalue weighted by atomic mass is 19.1. The largest absolute Gasteiger partial charge is 0.345 e. The maximum absolute atomic E-state index is 14.3. The van der Waals surface area contributed by atoms with E-state index < -0.39 is 12.2 Å². The lowest BCUT2D eigenvalue weighted by Crippen LogP contribution is -2.43. The van der Waals surface area contributed by atoms with Crippen molar-refractivity contribution in [2.75, 3.05) is 0 Å². The van der Waals surface area contributed by atoms with Crippen LogP contribution in [0.2, 0.25) is 0 Å². The first-order valence-corrected chi connectivity index (χ1v) is 11.3. The summed E-state index contributed by atoms with van der Waals surface area (Å²) < 4.78 is 16.0. The highest BCUT2D eigenvalue weighted by molar-refractivity contribution is 5.96. The fourth-order valence-electron chi connectivity index (χ4n) is 4.47. The Labute approximate surface area is 191 Å². The van der Waals surface area contributed by atoms with Gasteiger partial charge in [-0.05, 0) is 48.6 Å². The fraction of sp³-hybridized carbons (Fsp3) is 0.308. The van der Waals surface area contributed by atoms with Gasteiger partial charge in [-0.2, -0.15) is 5.10 Å². The van der Waals surface area contributed by atoms with Crippen molar-refractivity contribution in [3.05, 3.63) is 77.9 Å². The molecule has 2 atom stereocenters. The number of nitrogens with one attached hydrogen (secondary N) is 1. The topological polar surface area (TPSA) is 72.7 Å². The average molecular weight is 444 g/mol. The Balaban J connectivity index is 1.42. The number of hydrogen-bond acceptors (Lipinski definition) is 4. The molecule has 1 aliphatic rings. The molecule has 0 bridgehead atoms. The van der Waals surface area contributed by atoms with Crippen LogP contribution >= 0.6 is 0 Å². The normalized spacial score (nSPS) is 18.4. The molecule has 6 nitrogen and oxygen atoms in total. The number of halogens is 1. The minimum atomic E-state index is -0.993. The molecule has 0 unspecified atom stereocenters. The first-order valence-electron chi connectivity index (χ1n) is 11.3. The summed E-state index contributed by atoms with van der Waals surface area (Å²) in [5.74, 6) is -0.318. The van der Waals surface area contributed by atoms with Crippen LogP contribution in [0.15, 0.2) is 61.1 Å². The molecule has 1 aromatic carbocycles. The van der Waals surface area contributed by atoms with Crippen molar-refractivity contribution in [3.63, 3.8) is 0 Å². The Bertz CT molecular complexity index is 1280. The first-order chi connectivity index (χ1) is 16.1. The predicted octanol–water partition coefficient (Wildman–Crippen LogP) is 4.63. The van der Waals surface area contributed by atoms with E-state index in [0.29, 0.717) is 25.0 Å². The number of fused-ring (bicyclic) bond motifs is 1. The van der Waals surface area contributed by atoms with Crippen molar-refractivity contribution >= 4 is 16.8 Å². The van der Waals surface area contributed by atoms with Crippen LogP contribution in [0.5, 0.6) is 0 Å². The lowest BCUT2D eigenvalue weighted by Gasteiger charge is -2.26. The monoisotopic (exact) mass is 443 g/mol. The molecule has 1 amide bonds. The molecule has 1 N–H and O–H groups in total. The third-order valence-electron chi connectivity index (χ3n) is 6.25. The molecular formula is C26H26FN5O. The molecule has 168 valence electrons. The van der Waals surface area contributed by atoms with E-state index in [1.54, 1.807) is 10.9 Å². The number of alkyl halides is 1. The van der Waals surface area contributed by atoms with Gasteiger partial charge in [-0.15, -0.1) is 0 Å². The molecule has 7 heteroatoms. The summed E-state index contributed by atoms with van der Waals surface area (Å²) in [5, 5.41) is 8.06. The Morgan fingerprint density at radius 1 is 1.15 bits per heavy atom. The third-order valence-corrected chi connectivity index (χ3v) is 6.25. The zero-order valence-corrected chi connectivity index (χ0v) is 18.5. The highest BCUT2D eigenvalue weighted by Crippen LogP contribution is 2.24. The lowest BCUT2D eigenvalue weighted by atomic mass is 9.93. The minimum absolute atomic E-state index is 0.318. The lowest BCUT2D eigenvalue weighted by molar-refractivity contribution is 0.0879. The van der Waals surface area contributed by atoms with Crippen molar-refractivity contribution in [3.8, 4) is 11.3 Å². The molecule has 1 saturated carbocycles. The minimum Gasteiger partial charge on any atom is -0.345 e. The fourth-order valence-corrected chi connectivity index (χ4v) is 4.47. The van der Waals surface area contributed by atoms with E-state index in [9.17, 15) is 9.18 Å². The second-order valence-corrected chi connectivity index (χ2v) is 8.70. The number of pyridine rings is 2. The summed E-state index contributed by atoms with van der Waals surface area (Å²) in [4.78, 5) is 22.1. The number of carbonyl (C=O) groups excluding carboxylic acids is 1. The quantitative estimate of drug-likeness (QED) is 0.488. The first kappa shape index (κ1) is 21.2. The summed E-state index contributed by atoms with van der Waals surface area (Å²) in [6.45, 7) is 0. The number of para-hydroxylation sites is 1. The molecule has 1 aliphatic carbocycles. The maximum atomic E-state index is 14.3. The Morgan fingerprint density at radius 3 is 2.76 bits per heavy atom. The van der Waals surface area contributed by atoms with E-state index in [0.717, 1.165) is 46.1 Å². The molecule has 33 heavy (non-hydrogen) atoms. The Morgan fingerprint density at radius 2 is 2.00 bits per heavy atom. The van der Waals surface area contributed by atoms with Crippen LogP contribution in [-0.2, 0) is 13.5 Å². The van der Waals surface area contributed by atoms with Crippen LogP contribution in [0.25, 0.3) is 22.2 Å². The second-order valence-electron chi connectivity index (χ2n) is 8.70. The van der Waals surface area contributed by atoms with E-state index >= 15 is 0 Å². The van der Waals surface area contributed by atoms with E-state index in [4.69, 9.17) is 0 Å². The third kappa shape index (κ3) is 4.62. The van der Waals surface area contributed by atoms with Crippen LogP contribution in [0.4, 0.5) is 4.39 Å². The van der Waals surface area contributed by atoms with Gasteiger partial charge in [-0.3, -0.25) is 14.5 Å². The van der Waals surface area contributed by atoms with Gasteiger partial charge in [-0.1, -0.05) is 37.1 Å². The summed E-state index contributed by atoms with van der Waals surface area (Å²) in [7, 11) is 1.88. The van der Waals surface area contributed by atoms with Crippen molar-refractivity contribution in [2.24, 2.45) is 7.05 Å². The SMILES string of the molecule is Cn1cc(-c2ccc(Cc3cc(C(=O)N[C@H]4CCCC[C@@H]4F)nc4ccccc34)cn2)cn1. The van der Waals surface area contributed by atoms with Gasteiger partial charge in [0.15, 0.2) is 0 Å². The molecule has 4 aromatic rings. The van der Waals surface area contributed by atoms with Crippen LogP contribution in [0, 0.1) is 0 Å². The van der Waals surface area contributed by atoms with E-state index in [2.05, 4.69) is 20.4 Å². The smallest absolute Gasteiger partial charge is 0.270 e. The van der Waals surface area contributed by atoms with Gasteiger partial charge in [0.25, 0.3) is 5.91 Å². The van der Waals surface area contributed by atoms with Crippen molar-refractivity contribution in [2.45, 2.75) is 44.3 Å². The number of aromatic nitrogens is 4. The number of benzene rings is 1. The number of amides is 1. The van der Waals surface area contributed by atoms with Gasteiger partial charge in [0.05, 0.1) is 23.4 Å². The van der Waals surface area contributed by atoms with E-state index in [-0.39, 0.29) is 5.91 Å². The number of hydrogen-bond donors (Lipinski definition) is 1. The molecule has 0 radical (unpaired) electrons. The zero-order valence-electron chi connectivity index (χ0n) is 18.5. The molecule has 1 fully saturated rings. The molecule has 3 heterocycles. The molecule has 3 aromatic heterocycles. The van der Waals surface area contributed by atoms with Crippen molar-refractivity contribution in [1.82, 2.24) is 25.1 Å². The summed E-state index contributed by atoms with van der Waals surface area (Å²) in [6.07, 6.45) is 8.17. The molecule has 0 aliphatic heterocycles. The van der Waals surface area contributed by atoms with Crippen molar-refractivity contribution in [1.29, 1.82) is 0 Å². The van der Waals surface area contributed by atoms with Crippen LogP contribution < -0.4 is 5.32 Å². The van der Waals surface area contributed by atoms with E-state index in [1.165, 1.54) is 0 Å². The van der Waals surface area contributed by atoms with Crippen LogP contribution in [0.1, 0.15) is 47.3 Å². The van der Waals surface area contributed by atoms with Gasteiger partial charge in [0.2, 0.25) is 0 Å². The molecule has 0 spiro atoms. The number of carbonyl (C=O) groups is 1. The van der Waals surface area contributed by atoms with Crippen LogP contribution in [0.3, 0.4) is 0 Å². The summed E-state index contributed by atoms with van der Waals surface area (Å²) >= 11 is 0. The molecule has 0 saturated heterocycles. The average Bonchev–Trinajstić information content (AvgIpc) is 3.27. The number of aryl methyl sites for hydroxylation is 1. The second kappa shape index (κ2) is 9.10. The molecule has 5 rings (SSSR count). The van der Waals surface area contributed by atoms with Gasteiger partial charge < -0.3 is 5.32 Å². The maximum Gasteiger partial charge on any atom is 0.270 e. The standard InChI is InChI=1S/C26H26FN5O/c1-32-16-19(15-29-32)22-11-10-17(14-28-22)12-18-13-25(30-23-8-4-2-6-20(18)23)26(33)31-24-9-5-3-7-21(24)27/h2,4,6,8,10-11,13-16,21,24H,3,5,7,9,12H2,1H3,(H,31,33)/t21-,24-/m0/s1.